The summed E-state index contributed by atoms with van der Waals surface area (Å²) in [5, 5.41) is 13.3. The summed E-state index contributed by atoms with van der Waals surface area (Å²) in [5.41, 5.74) is 3.04. The van der Waals surface area contributed by atoms with Crippen LogP contribution < -0.4 is 4.90 Å². The molecule has 1 aromatic carbocycles. The molecule has 0 bridgehead atoms. The lowest BCUT2D eigenvalue weighted by Crippen LogP contribution is -2.36. The van der Waals surface area contributed by atoms with Crippen LogP contribution in [0.3, 0.4) is 0 Å². The molecule has 0 unspecified atom stereocenters. The number of nitrogens with zero attached hydrogens (tertiary/aromatic N) is 3. The maximum Gasteiger partial charge on any atom is 0.339 e. The number of benzene rings is 1. The second-order valence-electron chi connectivity index (χ2n) is 5.56. The summed E-state index contributed by atoms with van der Waals surface area (Å²) in [6.45, 7) is 2.59. The van der Waals surface area contributed by atoms with Gasteiger partial charge in [0.25, 0.3) is 5.91 Å². The molecule has 1 amide bonds. The smallest absolute Gasteiger partial charge is 0.339 e. The molecule has 0 aliphatic carbocycles. The highest BCUT2D eigenvalue weighted by Gasteiger charge is 2.29. The Balaban J connectivity index is 2.03. The Labute approximate surface area is 128 Å². The van der Waals surface area contributed by atoms with E-state index in [9.17, 15) is 14.7 Å². The van der Waals surface area contributed by atoms with Gasteiger partial charge in [0.15, 0.2) is 5.69 Å². The van der Waals surface area contributed by atoms with Crippen molar-refractivity contribution in [2.24, 2.45) is 7.05 Å². The lowest BCUT2D eigenvalue weighted by atomic mass is 9.99. The highest BCUT2D eigenvalue weighted by Crippen LogP contribution is 2.29. The molecule has 1 aromatic heterocycles. The van der Waals surface area contributed by atoms with Crippen LogP contribution in [0.2, 0.25) is 0 Å². The summed E-state index contributed by atoms with van der Waals surface area (Å²) in [7, 11) is 1.61. The number of aryl methyl sites for hydroxylation is 3. The van der Waals surface area contributed by atoms with E-state index in [0.717, 1.165) is 29.7 Å². The molecule has 1 N–H and O–H groups in total. The van der Waals surface area contributed by atoms with Crippen molar-refractivity contribution >= 4 is 17.6 Å². The number of aromatic carboxylic acids is 1. The SMILES string of the molecule is Cc1ccc2c(c1)CCCN2C(=O)c1nn(C)cc1C(=O)O. The Morgan fingerprint density at radius 3 is 2.82 bits per heavy atom. The summed E-state index contributed by atoms with van der Waals surface area (Å²) in [4.78, 5) is 25.7. The molecule has 0 radical (unpaired) electrons. The average Bonchev–Trinajstić information content (AvgIpc) is 2.88. The van der Waals surface area contributed by atoms with Crippen molar-refractivity contribution in [3.63, 3.8) is 0 Å². The predicted molar refractivity (Wildman–Crippen MR) is 81.3 cm³/mol. The zero-order valence-electron chi connectivity index (χ0n) is 12.5. The minimum Gasteiger partial charge on any atom is -0.478 e. The van der Waals surface area contributed by atoms with Crippen LogP contribution in [0, 0.1) is 6.92 Å². The molecule has 3 rings (SSSR count). The van der Waals surface area contributed by atoms with Gasteiger partial charge >= 0.3 is 5.97 Å². The Kier molecular flexibility index (Phi) is 3.44. The topological polar surface area (TPSA) is 75.4 Å². The third kappa shape index (κ3) is 2.36. The number of hydrogen-bond donors (Lipinski definition) is 1. The van der Waals surface area contributed by atoms with Gasteiger partial charge in [-0.15, -0.1) is 0 Å². The monoisotopic (exact) mass is 299 g/mol. The summed E-state index contributed by atoms with van der Waals surface area (Å²) < 4.78 is 1.36. The number of carboxylic acid groups (broad SMARTS) is 1. The molecule has 2 heterocycles. The first-order valence-electron chi connectivity index (χ1n) is 7.15. The van der Waals surface area contributed by atoms with E-state index in [-0.39, 0.29) is 17.2 Å². The van der Waals surface area contributed by atoms with Crippen molar-refractivity contribution in [1.82, 2.24) is 9.78 Å². The van der Waals surface area contributed by atoms with Gasteiger partial charge in [-0.1, -0.05) is 17.7 Å². The lowest BCUT2D eigenvalue weighted by Gasteiger charge is -2.29. The summed E-state index contributed by atoms with van der Waals surface area (Å²) in [5.74, 6) is -1.50. The minimum absolute atomic E-state index is 0.0107. The van der Waals surface area contributed by atoms with Crippen molar-refractivity contribution in [1.29, 1.82) is 0 Å². The maximum atomic E-state index is 12.8. The van der Waals surface area contributed by atoms with E-state index in [1.807, 2.05) is 19.1 Å². The van der Waals surface area contributed by atoms with E-state index in [2.05, 4.69) is 11.2 Å². The zero-order valence-corrected chi connectivity index (χ0v) is 12.5. The van der Waals surface area contributed by atoms with Gasteiger partial charge in [0.2, 0.25) is 0 Å². The molecule has 1 aliphatic heterocycles. The number of amides is 1. The van der Waals surface area contributed by atoms with Crippen LogP contribution in [0.25, 0.3) is 0 Å². The van der Waals surface area contributed by atoms with Crippen molar-refractivity contribution < 1.29 is 14.7 Å². The second-order valence-corrected chi connectivity index (χ2v) is 5.56. The first-order valence-corrected chi connectivity index (χ1v) is 7.15. The third-order valence-electron chi connectivity index (χ3n) is 3.86. The molecule has 0 atom stereocenters. The molecule has 2 aromatic rings. The predicted octanol–water partition coefficient (Wildman–Crippen LogP) is 2.02. The van der Waals surface area contributed by atoms with Crippen LogP contribution in [0.4, 0.5) is 5.69 Å². The van der Waals surface area contributed by atoms with E-state index < -0.39 is 5.97 Å². The number of carbonyl (C=O) groups excluding carboxylic acids is 1. The number of anilines is 1. The molecule has 6 heteroatoms. The molecule has 6 nitrogen and oxygen atoms in total. The fourth-order valence-corrected chi connectivity index (χ4v) is 2.87. The summed E-state index contributed by atoms with van der Waals surface area (Å²) >= 11 is 0. The normalized spacial score (nSPS) is 13.8. The van der Waals surface area contributed by atoms with E-state index >= 15 is 0 Å². The largest absolute Gasteiger partial charge is 0.478 e. The van der Waals surface area contributed by atoms with Gasteiger partial charge in [-0.05, 0) is 31.4 Å². The number of fused-ring (bicyclic) bond motifs is 1. The van der Waals surface area contributed by atoms with Crippen molar-refractivity contribution in [3.8, 4) is 0 Å². The van der Waals surface area contributed by atoms with E-state index in [1.165, 1.54) is 10.9 Å². The van der Waals surface area contributed by atoms with E-state index in [1.54, 1.807) is 11.9 Å². The van der Waals surface area contributed by atoms with Crippen molar-refractivity contribution in [2.75, 3.05) is 11.4 Å². The van der Waals surface area contributed by atoms with Gasteiger partial charge in [0.1, 0.15) is 5.56 Å². The van der Waals surface area contributed by atoms with Gasteiger partial charge in [-0.3, -0.25) is 9.48 Å². The third-order valence-corrected chi connectivity index (χ3v) is 3.86. The van der Waals surface area contributed by atoms with Crippen LogP contribution in [-0.4, -0.2) is 33.3 Å². The van der Waals surface area contributed by atoms with Crippen LogP contribution in [0.1, 0.15) is 38.4 Å². The quantitative estimate of drug-likeness (QED) is 0.920. The lowest BCUT2D eigenvalue weighted by molar-refractivity contribution is 0.0692. The van der Waals surface area contributed by atoms with Crippen LogP contribution in [-0.2, 0) is 13.5 Å². The molecule has 0 spiro atoms. The molecule has 0 fully saturated rings. The van der Waals surface area contributed by atoms with Gasteiger partial charge < -0.3 is 10.0 Å². The molecular weight excluding hydrogens is 282 g/mol. The first-order chi connectivity index (χ1) is 10.5. The molecule has 0 saturated heterocycles. The number of rotatable bonds is 2. The molecule has 114 valence electrons. The Hall–Kier alpha value is -2.63. The summed E-state index contributed by atoms with van der Waals surface area (Å²) in [6, 6.07) is 5.96. The zero-order chi connectivity index (χ0) is 15.9. The van der Waals surface area contributed by atoms with Gasteiger partial charge in [-0.25, -0.2) is 4.79 Å². The molecular formula is C16H17N3O3. The van der Waals surface area contributed by atoms with E-state index in [4.69, 9.17) is 0 Å². The maximum absolute atomic E-state index is 12.8. The average molecular weight is 299 g/mol. The van der Waals surface area contributed by atoms with Crippen molar-refractivity contribution in [2.45, 2.75) is 19.8 Å². The number of hydrogen-bond acceptors (Lipinski definition) is 3. The van der Waals surface area contributed by atoms with Gasteiger partial charge in [-0.2, -0.15) is 5.10 Å². The highest BCUT2D eigenvalue weighted by molar-refractivity contribution is 6.11. The molecule has 1 aliphatic rings. The Bertz CT molecular complexity index is 764. The molecule has 0 saturated carbocycles. The molecule has 22 heavy (non-hydrogen) atoms. The standard InChI is InChI=1S/C16H17N3O3/c1-10-5-6-13-11(8-10)4-3-7-19(13)15(20)14-12(16(21)22)9-18(2)17-14/h5-6,8-9H,3-4,7H2,1-2H3,(H,21,22). The highest BCUT2D eigenvalue weighted by atomic mass is 16.4. The minimum atomic E-state index is -1.14. The number of carbonyl (C=O) groups is 2. The fourth-order valence-electron chi connectivity index (χ4n) is 2.87. The van der Waals surface area contributed by atoms with Gasteiger partial charge in [0.05, 0.1) is 0 Å². The van der Waals surface area contributed by atoms with Crippen LogP contribution in [0.5, 0.6) is 0 Å². The van der Waals surface area contributed by atoms with Crippen LogP contribution >= 0.6 is 0 Å². The number of aromatic nitrogens is 2. The van der Waals surface area contributed by atoms with Crippen LogP contribution in [0.15, 0.2) is 24.4 Å². The van der Waals surface area contributed by atoms with Gasteiger partial charge in [0, 0.05) is 25.5 Å². The summed E-state index contributed by atoms with van der Waals surface area (Å²) in [6.07, 6.45) is 3.14. The Morgan fingerprint density at radius 2 is 2.09 bits per heavy atom. The second kappa shape index (κ2) is 5.29. The van der Waals surface area contributed by atoms with Crippen molar-refractivity contribution in [3.05, 3.63) is 46.8 Å². The number of carboxylic acids is 1. The Morgan fingerprint density at radius 1 is 1.32 bits per heavy atom. The first kappa shape index (κ1) is 14.3. The fraction of sp³-hybridized carbons (Fsp3) is 0.312. The van der Waals surface area contributed by atoms with E-state index in [0.29, 0.717) is 6.54 Å².